The van der Waals surface area contributed by atoms with Gasteiger partial charge in [0.15, 0.2) is 0 Å². The Balaban J connectivity index is 2.30. The zero-order chi connectivity index (χ0) is 14.0. The number of hydrogen-bond donors (Lipinski definition) is 0. The molecular formula is C16H16BrNO. The molecule has 0 atom stereocenters. The molecule has 0 saturated heterocycles. The minimum absolute atomic E-state index is 0.00625. The third-order valence-corrected chi connectivity index (χ3v) is 3.47. The summed E-state index contributed by atoms with van der Waals surface area (Å²) in [5.74, 6) is -0.00625. The predicted octanol–water partition coefficient (Wildman–Crippen LogP) is 4.34. The van der Waals surface area contributed by atoms with E-state index in [2.05, 4.69) is 15.9 Å². The van der Waals surface area contributed by atoms with Crippen LogP contribution >= 0.6 is 15.9 Å². The number of amides is 1. The second-order valence-electron chi connectivity index (χ2n) is 4.72. The molecule has 98 valence electrons. The molecule has 0 aliphatic rings. The van der Waals surface area contributed by atoms with E-state index in [9.17, 15) is 4.79 Å². The minimum atomic E-state index is -0.00625. The monoisotopic (exact) mass is 317 g/mol. The van der Waals surface area contributed by atoms with Crippen LogP contribution in [0.5, 0.6) is 0 Å². The topological polar surface area (TPSA) is 20.3 Å². The van der Waals surface area contributed by atoms with E-state index in [4.69, 9.17) is 0 Å². The van der Waals surface area contributed by atoms with Crippen LogP contribution in [-0.2, 0) is 0 Å². The molecule has 2 rings (SSSR count). The highest BCUT2D eigenvalue weighted by atomic mass is 79.9. The molecule has 0 fully saturated rings. The SMILES string of the molecule is Cc1ccc(N(C)C(=O)c2cc(C)cc(Br)c2)cc1. The summed E-state index contributed by atoms with van der Waals surface area (Å²) < 4.78 is 0.924. The quantitative estimate of drug-likeness (QED) is 0.806. The number of rotatable bonds is 2. The highest BCUT2D eigenvalue weighted by Crippen LogP contribution is 2.20. The molecule has 0 saturated carbocycles. The average Bonchev–Trinajstić information content (AvgIpc) is 2.37. The van der Waals surface area contributed by atoms with E-state index in [1.165, 1.54) is 5.56 Å². The summed E-state index contributed by atoms with van der Waals surface area (Å²) in [6, 6.07) is 13.7. The summed E-state index contributed by atoms with van der Waals surface area (Å²) in [5, 5.41) is 0. The standard InChI is InChI=1S/C16H16BrNO/c1-11-4-6-15(7-5-11)18(3)16(19)13-8-12(2)9-14(17)10-13/h4-10H,1-3H3. The maximum Gasteiger partial charge on any atom is 0.258 e. The van der Waals surface area contributed by atoms with E-state index in [1.54, 1.807) is 11.9 Å². The Labute approximate surface area is 122 Å². The molecule has 2 nitrogen and oxygen atoms in total. The number of nitrogens with zero attached hydrogens (tertiary/aromatic N) is 1. The molecule has 2 aromatic rings. The van der Waals surface area contributed by atoms with Gasteiger partial charge in [0.1, 0.15) is 0 Å². The molecule has 2 aromatic carbocycles. The van der Waals surface area contributed by atoms with Crippen molar-refractivity contribution in [1.82, 2.24) is 0 Å². The number of carbonyl (C=O) groups excluding carboxylic acids is 1. The molecule has 0 N–H and O–H groups in total. The van der Waals surface area contributed by atoms with Crippen LogP contribution in [-0.4, -0.2) is 13.0 Å². The number of anilines is 1. The molecular weight excluding hydrogens is 302 g/mol. The third kappa shape index (κ3) is 3.24. The Kier molecular flexibility index (Phi) is 4.05. The van der Waals surface area contributed by atoms with Crippen molar-refractivity contribution in [3.8, 4) is 0 Å². The van der Waals surface area contributed by atoms with Gasteiger partial charge in [0.05, 0.1) is 0 Å². The molecule has 0 radical (unpaired) electrons. The number of carbonyl (C=O) groups is 1. The van der Waals surface area contributed by atoms with E-state index in [0.717, 1.165) is 15.7 Å². The lowest BCUT2D eigenvalue weighted by atomic mass is 10.1. The largest absolute Gasteiger partial charge is 0.311 e. The first kappa shape index (κ1) is 13.8. The smallest absolute Gasteiger partial charge is 0.258 e. The molecule has 1 amide bonds. The van der Waals surface area contributed by atoms with E-state index >= 15 is 0 Å². The van der Waals surface area contributed by atoms with Crippen LogP contribution in [0.15, 0.2) is 46.9 Å². The van der Waals surface area contributed by atoms with Gasteiger partial charge in [-0.25, -0.2) is 0 Å². The fourth-order valence-corrected chi connectivity index (χ4v) is 2.55. The fraction of sp³-hybridized carbons (Fsp3) is 0.188. The van der Waals surface area contributed by atoms with Gasteiger partial charge in [-0.2, -0.15) is 0 Å². The summed E-state index contributed by atoms with van der Waals surface area (Å²) in [7, 11) is 1.79. The maximum atomic E-state index is 12.4. The Morgan fingerprint density at radius 1 is 1.00 bits per heavy atom. The Morgan fingerprint density at radius 3 is 2.21 bits per heavy atom. The van der Waals surface area contributed by atoms with Gasteiger partial charge < -0.3 is 4.90 Å². The first-order valence-corrected chi connectivity index (χ1v) is 6.88. The van der Waals surface area contributed by atoms with E-state index in [1.807, 2.05) is 56.3 Å². The van der Waals surface area contributed by atoms with Gasteiger partial charge in [0.2, 0.25) is 0 Å². The summed E-state index contributed by atoms with van der Waals surface area (Å²) in [5.41, 5.74) is 3.83. The summed E-state index contributed by atoms with van der Waals surface area (Å²) >= 11 is 3.43. The molecule has 0 aromatic heterocycles. The second kappa shape index (κ2) is 5.57. The van der Waals surface area contributed by atoms with Gasteiger partial charge >= 0.3 is 0 Å². The zero-order valence-electron chi connectivity index (χ0n) is 11.3. The highest BCUT2D eigenvalue weighted by molar-refractivity contribution is 9.10. The van der Waals surface area contributed by atoms with Gasteiger partial charge in [-0.3, -0.25) is 4.79 Å². The second-order valence-corrected chi connectivity index (χ2v) is 5.63. The average molecular weight is 318 g/mol. The molecule has 0 heterocycles. The van der Waals surface area contributed by atoms with Crippen LogP contribution in [0.3, 0.4) is 0 Å². The van der Waals surface area contributed by atoms with Crippen LogP contribution in [0, 0.1) is 13.8 Å². The number of hydrogen-bond acceptors (Lipinski definition) is 1. The van der Waals surface area contributed by atoms with Gasteiger partial charge in [-0.05, 0) is 49.7 Å². The van der Waals surface area contributed by atoms with Crippen LogP contribution < -0.4 is 4.90 Å². The van der Waals surface area contributed by atoms with Crippen molar-refractivity contribution < 1.29 is 4.79 Å². The molecule has 0 aliphatic carbocycles. The van der Waals surface area contributed by atoms with Crippen LogP contribution in [0.1, 0.15) is 21.5 Å². The molecule has 0 unspecified atom stereocenters. The Hall–Kier alpha value is -1.61. The highest BCUT2D eigenvalue weighted by Gasteiger charge is 2.14. The van der Waals surface area contributed by atoms with Crippen molar-refractivity contribution in [2.24, 2.45) is 0 Å². The van der Waals surface area contributed by atoms with Gasteiger partial charge in [0.25, 0.3) is 5.91 Å². The normalized spacial score (nSPS) is 10.3. The predicted molar refractivity (Wildman–Crippen MR) is 82.8 cm³/mol. The maximum absolute atomic E-state index is 12.4. The molecule has 0 bridgehead atoms. The first-order chi connectivity index (χ1) is 8.97. The number of benzene rings is 2. The van der Waals surface area contributed by atoms with Gasteiger partial charge in [0, 0.05) is 22.8 Å². The van der Waals surface area contributed by atoms with Crippen molar-refractivity contribution in [3.63, 3.8) is 0 Å². The number of aryl methyl sites for hydroxylation is 2. The van der Waals surface area contributed by atoms with E-state index in [-0.39, 0.29) is 5.91 Å². The van der Waals surface area contributed by atoms with Crippen LogP contribution in [0.4, 0.5) is 5.69 Å². The minimum Gasteiger partial charge on any atom is -0.311 e. The van der Waals surface area contributed by atoms with Gasteiger partial charge in [-0.15, -0.1) is 0 Å². The lowest BCUT2D eigenvalue weighted by Crippen LogP contribution is -2.26. The van der Waals surface area contributed by atoms with E-state index in [0.29, 0.717) is 5.56 Å². The van der Waals surface area contributed by atoms with Crippen LogP contribution in [0.25, 0.3) is 0 Å². The summed E-state index contributed by atoms with van der Waals surface area (Å²) in [6.45, 7) is 4.01. The Bertz CT molecular complexity index is 584. The lowest BCUT2D eigenvalue weighted by molar-refractivity contribution is 0.0993. The molecule has 0 aliphatic heterocycles. The van der Waals surface area contributed by atoms with Crippen molar-refractivity contribution >= 4 is 27.5 Å². The lowest BCUT2D eigenvalue weighted by Gasteiger charge is -2.18. The molecule has 0 spiro atoms. The van der Waals surface area contributed by atoms with Gasteiger partial charge in [-0.1, -0.05) is 33.6 Å². The zero-order valence-corrected chi connectivity index (χ0v) is 12.9. The van der Waals surface area contributed by atoms with Crippen LogP contribution in [0.2, 0.25) is 0 Å². The fourth-order valence-electron chi connectivity index (χ4n) is 1.94. The molecule has 3 heteroatoms. The molecule has 19 heavy (non-hydrogen) atoms. The van der Waals surface area contributed by atoms with E-state index < -0.39 is 0 Å². The van der Waals surface area contributed by atoms with Crippen molar-refractivity contribution in [1.29, 1.82) is 0 Å². The summed E-state index contributed by atoms with van der Waals surface area (Å²) in [6.07, 6.45) is 0. The summed E-state index contributed by atoms with van der Waals surface area (Å²) in [4.78, 5) is 14.1. The first-order valence-electron chi connectivity index (χ1n) is 6.09. The van der Waals surface area contributed by atoms with Crippen molar-refractivity contribution in [3.05, 3.63) is 63.6 Å². The number of halogens is 1. The van der Waals surface area contributed by atoms with Crippen molar-refractivity contribution in [2.45, 2.75) is 13.8 Å². The Morgan fingerprint density at radius 2 is 1.63 bits per heavy atom. The third-order valence-electron chi connectivity index (χ3n) is 3.01. The van der Waals surface area contributed by atoms with Crippen molar-refractivity contribution in [2.75, 3.05) is 11.9 Å².